The van der Waals surface area contributed by atoms with Crippen LogP contribution in [0, 0.1) is 40.4 Å². The molecular weight excluding hydrogens is 324 g/mol. The van der Waals surface area contributed by atoms with E-state index in [1.807, 2.05) is 0 Å². The predicted octanol–water partition coefficient (Wildman–Crippen LogP) is 3.64. The fraction of sp³-hybridized carbons (Fsp3) is 0.810. The van der Waals surface area contributed by atoms with Gasteiger partial charge >= 0.3 is 0 Å². The van der Waals surface area contributed by atoms with E-state index >= 15 is 0 Å². The minimum absolute atomic E-state index is 0.299. The molecule has 5 fully saturated rings. The lowest BCUT2D eigenvalue weighted by molar-refractivity contribution is -0.178. The number of rotatable bonds is 4. The zero-order valence-corrected chi connectivity index (χ0v) is 15.5. The minimum atomic E-state index is 0.299. The number of nitrogens with zero attached hydrogens (tertiary/aromatic N) is 3. The van der Waals surface area contributed by atoms with Crippen molar-refractivity contribution in [2.45, 2.75) is 57.9 Å². The molecule has 138 valence electrons. The Hall–Kier alpha value is -1.52. The number of hydrogen-bond acceptors (Lipinski definition) is 4. The maximum absolute atomic E-state index is 6.67. The SMILES string of the molecule is CC1C(C2CC2)C(OCC23CC4CC5CC(C2)C54C3)=Cc2nnc(N)n21. The van der Waals surface area contributed by atoms with Crippen molar-refractivity contribution in [1.29, 1.82) is 0 Å². The third-order valence-corrected chi connectivity index (χ3v) is 9.41. The van der Waals surface area contributed by atoms with Crippen LogP contribution in [0.2, 0.25) is 0 Å². The monoisotopic (exact) mass is 352 g/mol. The van der Waals surface area contributed by atoms with E-state index in [1.165, 1.54) is 50.7 Å². The summed E-state index contributed by atoms with van der Waals surface area (Å²) in [6.07, 6.45) is 12.1. The third kappa shape index (κ3) is 1.52. The predicted molar refractivity (Wildman–Crippen MR) is 97.7 cm³/mol. The van der Waals surface area contributed by atoms with E-state index in [1.54, 1.807) is 0 Å². The highest BCUT2D eigenvalue weighted by molar-refractivity contribution is 5.50. The Bertz CT molecular complexity index is 821. The second-order valence-electron chi connectivity index (χ2n) is 10.5. The molecule has 1 aromatic rings. The van der Waals surface area contributed by atoms with E-state index in [-0.39, 0.29) is 0 Å². The molecular formula is C21H28N4O. The van der Waals surface area contributed by atoms with E-state index in [0.29, 0.717) is 23.3 Å². The first kappa shape index (κ1) is 14.5. The molecule has 5 aliphatic carbocycles. The van der Waals surface area contributed by atoms with Crippen molar-refractivity contribution in [2.24, 2.45) is 40.4 Å². The Kier molecular flexibility index (Phi) is 2.41. The van der Waals surface area contributed by atoms with Gasteiger partial charge in [-0.25, -0.2) is 0 Å². The van der Waals surface area contributed by atoms with Gasteiger partial charge in [-0.05, 0) is 81.0 Å². The number of aromatic nitrogens is 3. The fourth-order valence-corrected chi connectivity index (χ4v) is 8.32. The molecule has 5 saturated carbocycles. The summed E-state index contributed by atoms with van der Waals surface area (Å²) < 4.78 is 8.77. The van der Waals surface area contributed by atoms with Crippen LogP contribution in [0.25, 0.3) is 6.08 Å². The average molecular weight is 352 g/mol. The molecule has 2 N–H and O–H groups in total. The first-order chi connectivity index (χ1) is 12.6. The maximum Gasteiger partial charge on any atom is 0.222 e. The van der Waals surface area contributed by atoms with Gasteiger partial charge in [-0.15, -0.1) is 10.2 Å². The average Bonchev–Trinajstić information content (AvgIpc) is 3.19. The number of anilines is 1. The summed E-state index contributed by atoms with van der Waals surface area (Å²) in [6, 6.07) is 0.299. The first-order valence-electron chi connectivity index (χ1n) is 10.6. The smallest absolute Gasteiger partial charge is 0.222 e. The van der Waals surface area contributed by atoms with Crippen molar-refractivity contribution in [3.05, 3.63) is 11.6 Å². The normalized spacial score (nSPS) is 49.7. The summed E-state index contributed by atoms with van der Waals surface area (Å²) in [5.74, 6) is 6.91. The molecule has 0 saturated heterocycles. The van der Waals surface area contributed by atoms with Gasteiger partial charge in [-0.3, -0.25) is 4.57 Å². The van der Waals surface area contributed by atoms with Crippen LogP contribution in [-0.2, 0) is 4.74 Å². The Morgan fingerprint density at radius 3 is 2.62 bits per heavy atom. The molecule has 0 aromatic carbocycles. The molecule has 1 aromatic heterocycles. The van der Waals surface area contributed by atoms with Gasteiger partial charge in [-0.1, -0.05) is 0 Å². The number of ether oxygens (including phenoxy) is 1. The van der Waals surface area contributed by atoms with E-state index in [4.69, 9.17) is 10.5 Å². The summed E-state index contributed by atoms with van der Waals surface area (Å²) in [5, 5.41) is 8.38. The molecule has 5 nitrogen and oxygen atoms in total. The summed E-state index contributed by atoms with van der Waals surface area (Å²) >= 11 is 0. The molecule has 1 aliphatic heterocycles. The minimum Gasteiger partial charge on any atom is -0.497 e. The van der Waals surface area contributed by atoms with Crippen molar-refractivity contribution in [2.75, 3.05) is 12.3 Å². The highest BCUT2D eigenvalue weighted by Gasteiger charge is 2.77. The summed E-state index contributed by atoms with van der Waals surface area (Å²) in [5.41, 5.74) is 7.33. The molecule has 2 heterocycles. The van der Waals surface area contributed by atoms with Crippen LogP contribution in [0.15, 0.2) is 5.76 Å². The molecule has 0 amide bonds. The van der Waals surface area contributed by atoms with Gasteiger partial charge in [0.2, 0.25) is 5.95 Å². The third-order valence-electron chi connectivity index (χ3n) is 9.41. The summed E-state index contributed by atoms with van der Waals surface area (Å²) in [7, 11) is 0. The zero-order chi connectivity index (χ0) is 17.3. The highest BCUT2D eigenvalue weighted by atomic mass is 16.5. The number of nitrogen functional groups attached to an aromatic ring is 1. The number of nitrogens with two attached hydrogens (primary N) is 1. The molecule has 4 atom stereocenters. The van der Waals surface area contributed by atoms with Gasteiger partial charge in [0.15, 0.2) is 5.82 Å². The van der Waals surface area contributed by atoms with Crippen LogP contribution in [-0.4, -0.2) is 21.4 Å². The Labute approximate surface area is 154 Å². The van der Waals surface area contributed by atoms with Crippen molar-refractivity contribution in [1.82, 2.24) is 14.8 Å². The van der Waals surface area contributed by atoms with E-state index in [0.717, 1.165) is 41.5 Å². The molecule has 5 heteroatoms. The van der Waals surface area contributed by atoms with Crippen molar-refractivity contribution < 1.29 is 4.74 Å². The molecule has 4 unspecified atom stereocenters. The molecule has 2 bridgehead atoms. The first-order valence-corrected chi connectivity index (χ1v) is 10.6. The number of allylic oxidation sites excluding steroid dienone is 1. The second-order valence-corrected chi connectivity index (χ2v) is 10.5. The lowest BCUT2D eigenvalue weighted by atomic mass is 9.38. The van der Waals surface area contributed by atoms with Crippen LogP contribution in [0.1, 0.15) is 63.7 Å². The van der Waals surface area contributed by atoms with Crippen molar-refractivity contribution in [3.8, 4) is 0 Å². The lowest BCUT2D eigenvalue weighted by Gasteiger charge is -2.66. The molecule has 6 aliphatic rings. The van der Waals surface area contributed by atoms with Crippen molar-refractivity contribution >= 4 is 12.0 Å². The van der Waals surface area contributed by atoms with E-state index < -0.39 is 0 Å². The van der Waals surface area contributed by atoms with Crippen LogP contribution in [0.5, 0.6) is 0 Å². The van der Waals surface area contributed by atoms with Gasteiger partial charge in [-0.2, -0.15) is 0 Å². The van der Waals surface area contributed by atoms with Gasteiger partial charge in [0, 0.05) is 23.5 Å². The van der Waals surface area contributed by atoms with Gasteiger partial charge < -0.3 is 10.5 Å². The topological polar surface area (TPSA) is 66.0 Å². The number of hydrogen-bond donors (Lipinski definition) is 1. The van der Waals surface area contributed by atoms with E-state index in [9.17, 15) is 0 Å². The largest absolute Gasteiger partial charge is 0.497 e. The Morgan fingerprint density at radius 1 is 1.19 bits per heavy atom. The summed E-state index contributed by atoms with van der Waals surface area (Å²) in [6.45, 7) is 3.19. The summed E-state index contributed by atoms with van der Waals surface area (Å²) in [4.78, 5) is 0. The molecule has 26 heavy (non-hydrogen) atoms. The van der Waals surface area contributed by atoms with Crippen LogP contribution < -0.4 is 5.73 Å². The zero-order valence-electron chi connectivity index (χ0n) is 15.5. The quantitative estimate of drug-likeness (QED) is 0.898. The van der Waals surface area contributed by atoms with Gasteiger partial charge in [0.1, 0.15) is 5.76 Å². The standard InChI is InChI=1S/C21H28N4O/c1-11-18(12-2-3-12)16(6-17-23-24-19(22)25(11)17)26-10-20-7-14-4-13-5-15(8-20)21(13,14)9-20/h6,11-15,18H,2-5,7-10H2,1H3,(H2,22,24). The molecule has 7 rings (SSSR count). The molecule has 1 spiro atoms. The van der Waals surface area contributed by atoms with Crippen LogP contribution in [0.4, 0.5) is 5.95 Å². The lowest BCUT2D eigenvalue weighted by Crippen LogP contribution is -2.59. The number of fused-ring (bicyclic) bond motifs is 2. The van der Waals surface area contributed by atoms with E-state index in [2.05, 4.69) is 27.8 Å². The highest BCUT2D eigenvalue weighted by Crippen LogP contribution is 2.84. The Balaban J connectivity index is 1.18. The Morgan fingerprint density at radius 2 is 1.96 bits per heavy atom. The van der Waals surface area contributed by atoms with Crippen LogP contribution in [0.3, 0.4) is 0 Å². The maximum atomic E-state index is 6.67. The molecule has 0 radical (unpaired) electrons. The van der Waals surface area contributed by atoms with Crippen LogP contribution >= 0.6 is 0 Å². The fourth-order valence-electron chi connectivity index (χ4n) is 8.32. The van der Waals surface area contributed by atoms with Gasteiger partial charge in [0.05, 0.1) is 6.61 Å². The van der Waals surface area contributed by atoms with Crippen molar-refractivity contribution in [3.63, 3.8) is 0 Å². The van der Waals surface area contributed by atoms with Gasteiger partial charge in [0.25, 0.3) is 0 Å². The second kappa shape index (κ2) is 4.31.